The minimum Gasteiger partial charge on any atom is -0.491 e. The Labute approximate surface area is 203 Å². The van der Waals surface area contributed by atoms with Crippen LogP contribution in [-0.2, 0) is 11.2 Å². The van der Waals surface area contributed by atoms with Gasteiger partial charge >= 0.3 is 0 Å². The summed E-state index contributed by atoms with van der Waals surface area (Å²) in [5.74, 6) is -0.198. The zero-order valence-corrected chi connectivity index (χ0v) is 20.3. The molecule has 1 aliphatic rings. The summed E-state index contributed by atoms with van der Waals surface area (Å²) in [6, 6.07) is 16.8. The number of ether oxygens (including phenoxy) is 1. The Morgan fingerprint density at radius 3 is 2.71 bits per heavy atom. The molecule has 5 nitrogen and oxygen atoms in total. The molecule has 0 saturated carbocycles. The molecule has 0 fully saturated rings. The van der Waals surface area contributed by atoms with Crippen molar-refractivity contribution >= 4 is 23.2 Å². The fourth-order valence-electron chi connectivity index (χ4n) is 4.24. The van der Waals surface area contributed by atoms with E-state index in [0.717, 1.165) is 17.7 Å². The number of rotatable bonds is 8. The molecule has 0 bridgehead atoms. The van der Waals surface area contributed by atoms with Crippen LogP contribution in [-0.4, -0.2) is 47.4 Å². The molecule has 34 heavy (non-hydrogen) atoms. The maximum Gasteiger partial charge on any atom is 0.254 e. The predicted molar refractivity (Wildman–Crippen MR) is 132 cm³/mol. The van der Waals surface area contributed by atoms with Crippen LogP contribution in [0.5, 0.6) is 5.75 Å². The van der Waals surface area contributed by atoms with Crippen molar-refractivity contribution in [3.05, 3.63) is 87.9 Å². The molecule has 0 saturated heterocycles. The highest BCUT2D eigenvalue weighted by molar-refractivity contribution is 7.10. The largest absolute Gasteiger partial charge is 0.491 e. The SMILES string of the molecule is CC[C@@H](C)N(CC(=O)N1CCc2sccc2[C@H]1COc1ccccc1)C(=O)c1cccc(F)c1. The third-order valence-electron chi connectivity index (χ3n) is 6.33. The lowest BCUT2D eigenvalue weighted by atomic mass is 10.00. The smallest absolute Gasteiger partial charge is 0.254 e. The van der Waals surface area contributed by atoms with Gasteiger partial charge in [-0.2, -0.15) is 0 Å². The zero-order chi connectivity index (χ0) is 24.1. The number of carbonyl (C=O) groups is 2. The number of thiophene rings is 1. The molecule has 0 spiro atoms. The molecule has 7 heteroatoms. The molecule has 0 unspecified atom stereocenters. The molecular weight excluding hydrogens is 451 g/mol. The first-order valence-corrected chi connectivity index (χ1v) is 12.5. The highest BCUT2D eigenvalue weighted by Gasteiger charge is 2.34. The van der Waals surface area contributed by atoms with Crippen LogP contribution in [0.4, 0.5) is 4.39 Å². The van der Waals surface area contributed by atoms with Gasteiger partial charge < -0.3 is 14.5 Å². The van der Waals surface area contributed by atoms with Crippen molar-refractivity contribution < 1.29 is 18.7 Å². The molecule has 2 aromatic carbocycles. The standard InChI is InChI=1S/C27H29FN2O3S/c1-3-19(2)30(27(32)20-8-7-9-21(28)16-20)17-26(31)29-14-12-25-23(13-15-34-25)24(29)18-33-22-10-5-4-6-11-22/h4-11,13,15-16,19,24H,3,12,14,17-18H2,1-2H3/t19-,24-/m1/s1. The maximum atomic E-state index is 13.8. The van der Waals surface area contributed by atoms with Crippen molar-refractivity contribution in [1.29, 1.82) is 0 Å². The van der Waals surface area contributed by atoms with E-state index >= 15 is 0 Å². The lowest BCUT2D eigenvalue weighted by Gasteiger charge is -2.38. The third-order valence-corrected chi connectivity index (χ3v) is 7.32. The van der Waals surface area contributed by atoms with Crippen molar-refractivity contribution in [2.45, 2.75) is 38.8 Å². The lowest BCUT2D eigenvalue weighted by Crippen LogP contribution is -2.49. The van der Waals surface area contributed by atoms with Gasteiger partial charge in [0.15, 0.2) is 0 Å². The minimum absolute atomic E-state index is 0.0638. The number of hydrogen-bond acceptors (Lipinski definition) is 4. The number of nitrogens with zero attached hydrogens (tertiary/aromatic N) is 2. The van der Waals surface area contributed by atoms with Gasteiger partial charge in [0.25, 0.3) is 5.91 Å². The van der Waals surface area contributed by atoms with Crippen LogP contribution in [0, 0.1) is 5.82 Å². The van der Waals surface area contributed by atoms with Gasteiger partial charge in [-0.15, -0.1) is 11.3 Å². The van der Waals surface area contributed by atoms with Gasteiger partial charge in [0, 0.05) is 23.0 Å². The average molecular weight is 481 g/mol. The Morgan fingerprint density at radius 1 is 1.18 bits per heavy atom. The van der Waals surface area contributed by atoms with Gasteiger partial charge in [0.2, 0.25) is 5.91 Å². The van der Waals surface area contributed by atoms with E-state index in [0.29, 0.717) is 19.6 Å². The Kier molecular flexibility index (Phi) is 7.63. The molecule has 4 rings (SSSR count). The first kappa shape index (κ1) is 24.0. The number of amides is 2. The molecule has 3 aromatic rings. The van der Waals surface area contributed by atoms with Crippen molar-refractivity contribution in [3.8, 4) is 5.75 Å². The first-order chi connectivity index (χ1) is 16.5. The van der Waals surface area contributed by atoms with Gasteiger partial charge in [-0.05, 0) is 67.1 Å². The van der Waals surface area contributed by atoms with Crippen LogP contribution in [0.3, 0.4) is 0 Å². The molecule has 1 aliphatic heterocycles. The van der Waals surface area contributed by atoms with Gasteiger partial charge in [-0.1, -0.05) is 31.2 Å². The van der Waals surface area contributed by atoms with Crippen LogP contribution in [0.25, 0.3) is 0 Å². The molecule has 2 heterocycles. The molecule has 0 N–H and O–H groups in total. The van der Waals surface area contributed by atoms with E-state index < -0.39 is 5.82 Å². The Balaban J connectivity index is 1.55. The number of para-hydroxylation sites is 1. The van der Waals surface area contributed by atoms with Crippen LogP contribution >= 0.6 is 11.3 Å². The predicted octanol–water partition coefficient (Wildman–Crippen LogP) is 5.33. The van der Waals surface area contributed by atoms with Crippen LogP contribution in [0.2, 0.25) is 0 Å². The molecule has 0 aliphatic carbocycles. The van der Waals surface area contributed by atoms with E-state index in [-0.39, 0.29) is 36.0 Å². The third kappa shape index (κ3) is 5.30. The van der Waals surface area contributed by atoms with Crippen molar-refractivity contribution in [2.75, 3.05) is 19.7 Å². The van der Waals surface area contributed by atoms with Crippen LogP contribution < -0.4 is 4.74 Å². The number of halogens is 1. The lowest BCUT2D eigenvalue weighted by molar-refractivity contribution is -0.136. The molecule has 0 radical (unpaired) electrons. The Bertz CT molecular complexity index is 1130. The summed E-state index contributed by atoms with van der Waals surface area (Å²) in [4.78, 5) is 31.5. The number of carbonyl (C=O) groups excluding carboxylic acids is 2. The molecular formula is C27H29FN2O3S. The molecule has 178 valence electrons. The van der Waals surface area contributed by atoms with Crippen LogP contribution in [0.1, 0.15) is 47.1 Å². The second-order valence-corrected chi connectivity index (χ2v) is 9.48. The zero-order valence-electron chi connectivity index (χ0n) is 19.4. The van der Waals surface area contributed by atoms with E-state index in [2.05, 4.69) is 6.07 Å². The Hall–Kier alpha value is -3.19. The van der Waals surface area contributed by atoms with Crippen molar-refractivity contribution in [2.24, 2.45) is 0 Å². The van der Waals surface area contributed by atoms with E-state index in [1.165, 1.54) is 23.1 Å². The molecule has 2 atom stereocenters. The quantitative estimate of drug-likeness (QED) is 0.438. The van der Waals surface area contributed by atoms with Gasteiger partial charge in [0.1, 0.15) is 24.7 Å². The summed E-state index contributed by atoms with van der Waals surface area (Å²) in [5, 5.41) is 2.05. The second kappa shape index (κ2) is 10.8. The summed E-state index contributed by atoms with van der Waals surface area (Å²) in [7, 11) is 0. The highest BCUT2D eigenvalue weighted by Crippen LogP contribution is 2.34. The van der Waals surface area contributed by atoms with Crippen molar-refractivity contribution in [3.63, 3.8) is 0 Å². The highest BCUT2D eigenvalue weighted by atomic mass is 32.1. The second-order valence-electron chi connectivity index (χ2n) is 8.48. The molecule has 2 amide bonds. The summed E-state index contributed by atoms with van der Waals surface area (Å²) < 4.78 is 19.8. The van der Waals surface area contributed by atoms with E-state index in [4.69, 9.17) is 4.74 Å². The maximum absolute atomic E-state index is 13.8. The Morgan fingerprint density at radius 2 is 1.97 bits per heavy atom. The molecule has 1 aromatic heterocycles. The van der Waals surface area contributed by atoms with E-state index in [1.807, 2.05) is 54.5 Å². The van der Waals surface area contributed by atoms with Gasteiger partial charge in [0.05, 0.1) is 6.04 Å². The fourth-order valence-corrected chi connectivity index (χ4v) is 5.17. The number of benzene rings is 2. The average Bonchev–Trinajstić information content (AvgIpc) is 3.34. The topological polar surface area (TPSA) is 49.9 Å². The summed E-state index contributed by atoms with van der Waals surface area (Å²) in [5.41, 5.74) is 1.35. The fraction of sp³-hybridized carbons (Fsp3) is 0.333. The summed E-state index contributed by atoms with van der Waals surface area (Å²) >= 11 is 1.70. The number of fused-ring (bicyclic) bond motifs is 1. The number of hydrogen-bond donors (Lipinski definition) is 0. The van der Waals surface area contributed by atoms with E-state index in [1.54, 1.807) is 22.3 Å². The minimum atomic E-state index is -0.472. The summed E-state index contributed by atoms with van der Waals surface area (Å²) in [6.07, 6.45) is 1.46. The van der Waals surface area contributed by atoms with Crippen molar-refractivity contribution in [1.82, 2.24) is 9.80 Å². The normalized spacial score (nSPS) is 16.0. The first-order valence-electron chi connectivity index (χ1n) is 11.6. The van der Waals surface area contributed by atoms with Gasteiger partial charge in [-0.3, -0.25) is 9.59 Å². The monoisotopic (exact) mass is 480 g/mol. The summed E-state index contributed by atoms with van der Waals surface area (Å²) in [6.45, 7) is 4.72. The van der Waals surface area contributed by atoms with Gasteiger partial charge in [-0.25, -0.2) is 4.39 Å². The van der Waals surface area contributed by atoms with E-state index in [9.17, 15) is 14.0 Å². The van der Waals surface area contributed by atoms with Crippen LogP contribution in [0.15, 0.2) is 66.0 Å².